The van der Waals surface area contributed by atoms with Crippen molar-refractivity contribution in [3.8, 4) is 0 Å². The minimum atomic E-state index is -4.84. The highest BCUT2D eigenvalue weighted by Gasteiger charge is 2.52. The van der Waals surface area contributed by atoms with Crippen molar-refractivity contribution in [3.05, 3.63) is 0 Å². The third-order valence-electron chi connectivity index (χ3n) is 6.60. The lowest BCUT2D eigenvalue weighted by Gasteiger charge is -2.51. The topological polar surface area (TPSA) is 66.4 Å². The fourth-order valence-electron chi connectivity index (χ4n) is 4.99. The number of carbonyl (C=O) groups excluding carboxylic acids is 2. The highest BCUT2D eigenvalue weighted by molar-refractivity contribution is 5.82. The summed E-state index contributed by atoms with van der Waals surface area (Å²) in [5.74, 6) is -0.0844. The summed E-state index contributed by atoms with van der Waals surface area (Å²) in [6, 6.07) is 0. The smallest absolute Gasteiger partial charge is 0.380 e. The number of fused-ring (bicyclic) bond motifs is 1. The molecule has 4 nitrogen and oxygen atoms in total. The van der Waals surface area contributed by atoms with E-state index in [4.69, 9.17) is 0 Å². The van der Waals surface area contributed by atoms with Crippen molar-refractivity contribution in [2.24, 2.45) is 23.2 Å². The molecule has 150 valence electrons. The highest BCUT2D eigenvalue weighted by atomic mass is 19.4. The van der Waals surface area contributed by atoms with E-state index in [0.29, 0.717) is 19.1 Å². The predicted molar refractivity (Wildman–Crippen MR) is 91.3 cm³/mol. The number of Topliss-reactive ketones (excluding diaryl/α,β-unsaturated/α-hetero) is 1. The first-order chi connectivity index (χ1) is 11.9. The second kappa shape index (κ2) is 7.49. The van der Waals surface area contributed by atoms with Gasteiger partial charge in [0, 0.05) is 18.9 Å². The van der Waals surface area contributed by atoms with E-state index in [1.165, 1.54) is 0 Å². The first-order valence-corrected chi connectivity index (χ1v) is 9.47. The molecular weight excluding hydrogens is 347 g/mol. The molecule has 5 atom stereocenters. The van der Waals surface area contributed by atoms with Crippen LogP contribution in [-0.4, -0.2) is 35.1 Å². The van der Waals surface area contributed by atoms with Crippen molar-refractivity contribution in [2.45, 2.75) is 77.5 Å². The lowest BCUT2D eigenvalue weighted by Crippen LogP contribution is -2.50. The van der Waals surface area contributed by atoms with Gasteiger partial charge in [0.15, 0.2) is 5.60 Å². The van der Waals surface area contributed by atoms with Gasteiger partial charge in [-0.2, -0.15) is 13.2 Å². The normalized spacial score (nSPS) is 33.1. The molecule has 1 amide bonds. The summed E-state index contributed by atoms with van der Waals surface area (Å²) in [5.41, 5.74) is -3.12. The van der Waals surface area contributed by atoms with Gasteiger partial charge >= 0.3 is 6.18 Å². The maximum atomic E-state index is 12.7. The summed E-state index contributed by atoms with van der Waals surface area (Å²) in [4.78, 5) is 24.2. The molecule has 0 aromatic rings. The maximum Gasteiger partial charge on any atom is 0.417 e. The van der Waals surface area contributed by atoms with Gasteiger partial charge in [0.2, 0.25) is 5.91 Å². The van der Waals surface area contributed by atoms with Crippen LogP contribution in [0.4, 0.5) is 13.2 Å². The van der Waals surface area contributed by atoms with Crippen molar-refractivity contribution >= 4 is 11.7 Å². The SMILES string of the molecule is C[C@H](CNC(=O)C[C@@](C)(O)C(F)(F)F)[C@H]1CCC[C@H]2C(=O)CCC[C@@]12C. The van der Waals surface area contributed by atoms with Crippen LogP contribution in [0.2, 0.25) is 0 Å². The van der Waals surface area contributed by atoms with Crippen molar-refractivity contribution in [2.75, 3.05) is 6.54 Å². The minimum absolute atomic E-state index is 0.0634. The van der Waals surface area contributed by atoms with Crippen molar-refractivity contribution in [1.82, 2.24) is 5.32 Å². The van der Waals surface area contributed by atoms with Crippen LogP contribution in [0.3, 0.4) is 0 Å². The molecule has 0 radical (unpaired) electrons. The molecule has 7 heteroatoms. The zero-order chi connectivity index (χ0) is 19.8. The number of hydrogen-bond acceptors (Lipinski definition) is 3. The van der Waals surface area contributed by atoms with Crippen LogP contribution in [0.15, 0.2) is 0 Å². The summed E-state index contributed by atoms with van der Waals surface area (Å²) in [6.45, 7) is 5.01. The fraction of sp³-hybridized carbons (Fsp3) is 0.895. The number of nitrogens with one attached hydrogen (secondary N) is 1. The molecule has 2 N–H and O–H groups in total. The monoisotopic (exact) mass is 377 g/mol. The summed E-state index contributed by atoms with van der Waals surface area (Å²) in [6.07, 6.45) is -0.487. The fourth-order valence-corrected chi connectivity index (χ4v) is 4.99. The van der Waals surface area contributed by atoms with E-state index in [1.807, 2.05) is 6.92 Å². The Morgan fingerprint density at radius 3 is 2.62 bits per heavy atom. The Balaban J connectivity index is 1.96. The molecule has 0 bridgehead atoms. The number of carbonyl (C=O) groups is 2. The van der Waals surface area contributed by atoms with E-state index in [-0.39, 0.29) is 29.7 Å². The maximum absolute atomic E-state index is 12.7. The molecule has 2 fully saturated rings. The highest BCUT2D eigenvalue weighted by Crippen LogP contribution is 2.54. The van der Waals surface area contributed by atoms with Gasteiger partial charge in [0.25, 0.3) is 0 Å². The third kappa shape index (κ3) is 4.24. The molecule has 0 unspecified atom stereocenters. The molecule has 26 heavy (non-hydrogen) atoms. The summed E-state index contributed by atoms with van der Waals surface area (Å²) < 4.78 is 38.1. The van der Waals surface area contributed by atoms with Crippen LogP contribution < -0.4 is 5.32 Å². The molecule has 0 saturated heterocycles. The first-order valence-electron chi connectivity index (χ1n) is 9.47. The number of hydrogen-bond donors (Lipinski definition) is 2. The Morgan fingerprint density at radius 2 is 2.00 bits per heavy atom. The Kier molecular flexibility index (Phi) is 6.10. The number of ketones is 1. The molecule has 2 aliphatic carbocycles. The summed E-state index contributed by atoms with van der Waals surface area (Å²) in [7, 11) is 0. The van der Waals surface area contributed by atoms with Crippen LogP contribution in [-0.2, 0) is 9.59 Å². The largest absolute Gasteiger partial charge is 0.417 e. The van der Waals surface area contributed by atoms with E-state index in [0.717, 1.165) is 32.1 Å². The van der Waals surface area contributed by atoms with Gasteiger partial charge in [0.05, 0.1) is 6.42 Å². The predicted octanol–water partition coefficient (Wildman–Crippen LogP) is 3.62. The van der Waals surface area contributed by atoms with Crippen molar-refractivity contribution in [3.63, 3.8) is 0 Å². The molecule has 2 saturated carbocycles. The van der Waals surface area contributed by atoms with Crippen LogP contribution in [0.5, 0.6) is 0 Å². The van der Waals surface area contributed by atoms with Gasteiger partial charge in [0.1, 0.15) is 5.78 Å². The van der Waals surface area contributed by atoms with Gasteiger partial charge in [-0.15, -0.1) is 0 Å². The van der Waals surface area contributed by atoms with Crippen LogP contribution in [0.1, 0.15) is 65.7 Å². The zero-order valence-corrected chi connectivity index (χ0v) is 15.8. The van der Waals surface area contributed by atoms with Gasteiger partial charge in [-0.25, -0.2) is 0 Å². The average molecular weight is 377 g/mol. The van der Waals surface area contributed by atoms with E-state index < -0.39 is 24.1 Å². The second-order valence-electron chi connectivity index (χ2n) is 8.65. The Morgan fingerprint density at radius 1 is 1.35 bits per heavy atom. The molecule has 0 spiro atoms. The van der Waals surface area contributed by atoms with Crippen molar-refractivity contribution < 1.29 is 27.9 Å². The van der Waals surface area contributed by atoms with Crippen molar-refractivity contribution in [1.29, 1.82) is 0 Å². The summed E-state index contributed by atoms with van der Waals surface area (Å²) >= 11 is 0. The number of alkyl halides is 3. The molecular formula is C19H30F3NO3. The van der Waals surface area contributed by atoms with Crippen LogP contribution in [0.25, 0.3) is 0 Å². The standard InChI is InChI=1S/C19H30F3NO3/c1-12(11-23-16(25)10-18(3,26)19(20,21)22)13-6-4-7-14-15(24)8-5-9-17(13,14)2/h12-14,26H,4-11H2,1-3H3,(H,23,25)/t12-,13-,14+,17+,18-/m1/s1. The number of aliphatic hydroxyl groups is 1. The van der Waals surface area contributed by atoms with E-state index in [2.05, 4.69) is 12.2 Å². The second-order valence-corrected chi connectivity index (χ2v) is 8.65. The molecule has 0 aromatic carbocycles. The quantitative estimate of drug-likeness (QED) is 0.769. The van der Waals surface area contributed by atoms with Crippen LogP contribution in [0, 0.1) is 23.2 Å². The van der Waals surface area contributed by atoms with E-state index in [9.17, 15) is 27.9 Å². The Labute approximate surface area is 152 Å². The lowest BCUT2D eigenvalue weighted by molar-refractivity contribution is -0.253. The van der Waals surface area contributed by atoms with Crippen LogP contribution >= 0.6 is 0 Å². The molecule has 2 aliphatic rings. The lowest BCUT2D eigenvalue weighted by atomic mass is 9.52. The van der Waals surface area contributed by atoms with E-state index >= 15 is 0 Å². The average Bonchev–Trinajstić information content (AvgIpc) is 2.50. The van der Waals surface area contributed by atoms with Gasteiger partial charge < -0.3 is 10.4 Å². The first kappa shape index (κ1) is 21.2. The third-order valence-corrected chi connectivity index (χ3v) is 6.60. The molecule has 0 heterocycles. The molecule has 0 aliphatic heterocycles. The summed E-state index contributed by atoms with van der Waals surface area (Å²) in [5, 5.41) is 12.0. The number of rotatable bonds is 5. The Hall–Kier alpha value is -1.11. The van der Waals surface area contributed by atoms with Gasteiger partial charge in [-0.1, -0.05) is 20.3 Å². The minimum Gasteiger partial charge on any atom is -0.380 e. The number of halogens is 3. The Bertz CT molecular complexity index is 547. The van der Waals surface area contributed by atoms with E-state index in [1.54, 1.807) is 0 Å². The van der Waals surface area contributed by atoms with Gasteiger partial charge in [-0.3, -0.25) is 9.59 Å². The van der Waals surface area contributed by atoms with Gasteiger partial charge in [-0.05, 0) is 49.9 Å². The molecule has 2 rings (SSSR count). The zero-order valence-electron chi connectivity index (χ0n) is 15.8. The molecule has 0 aromatic heterocycles. The number of amides is 1.